The average molecular weight is 551 g/mol. The van der Waals surface area contributed by atoms with E-state index in [2.05, 4.69) is 76.4 Å². The van der Waals surface area contributed by atoms with Crippen molar-refractivity contribution in [2.75, 3.05) is 0 Å². The maximum Gasteiger partial charge on any atom is 0.315 e. The van der Waals surface area contributed by atoms with Gasteiger partial charge in [-0.2, -0.15) is 10.1 Å². The molecule has 5 aromatic rings. The average Bonchev–Trinajstić information content (AvgIpc) is 3.30. The number of aryl methyl sites for hydroxylation is 1. The molecule has 0 spiro atoms. The van der Waals surface area contributed by atoms with E-state index in [1.165, 1.54) is 5.56 Å². The number of benzene rings is 1. The molecular weight excluding hydrogens is 516 g/mol. The molecule has 1 saturated carbocycles. The predicted molar refractivity (Wildman–Crippen MR) is 154 cm³/mol. The number of imidazole rings is 1. The van der Waals surface area contributed by atoms with Crippen molar-refractivity contribution in [2.24, 2.45) is 0 Å². The molecule has 1 atom stereocenters. The van der Waals surface area contributed by atoms with Gasteiger partial charge in [0.05, 0.1) is 23.3 Å². The number of pyridine rings is 1. The summed E-state index contributed by atoms with van der Waals surface area (Å²) in [6, 6.07) is 8.70. The topological polar surface area (TPSA) is 127 Å². The Labute approximate surface area is 238 Å². The van der Waals surface area contributed by atoms with Crippen LogP contribution in [-0.2, 0) is 11.8 Å². The second-order valence-electron chi connectivity index (χ2n) is 12.0. The zero-order chi connectivity index (χ0) is 28.3. The van der Waals surface area contributed by atoms with Gasteiger partial charge < -0.3 is 14.8 Å². The van der Waals surface area contributed by atoms with Gasteiger partial charge in [-0.25, -0.2) is 9.97 Å². The highest BCUT2D eigenvalue weighted by atomic mass is 16.5. The summed E-state index contributed by atoms with van der Waals surface area (Å²) in [7, 11) is 0. The van der Waals surface area contributed by atoms with Crippen LogP contribution in [0.3, 0.4) is 0 Å². The van der Waals surface area contributed by atoms with E-state index in [1.54, 1.807) is 0 Å². The van der Waals surface area contributed by atoms with Gasteiger partial charge in [0.25, 0.3) is 0 Å². The first kappa shape index (κ1) is 25.6. The van der Waals surface area contributed by atoms with Crippen LogP contribution < -0.4 is 5.32 Å². The molecule has 4 aromatic heterocycles. The van der Waals surface area contributed by atoms with E-state index in [-0.39, 0.29) is 29.3 Å². The highest BCUT2D eigenvalue weighted by Crippen LogP contribution is 2.46. The summed E-state index contributed by atoms with van der Waals surface area (Å²) < 4.78 is 7.34. The monoisotopic (exact) mass is 550 g/mol. The van der Waals surface area contributed by atoms with Crippen LogP contribution in [0.2, 0.25) is 0 Å². The number of aromatic amines is 1. The number of aromatic nitrogens is 7. The first-order valence-electron chi connectivity index (χ1n) is 14.5. The Morgan fingerprint density at radius 2 is 2.02 bits per heavy atom. The van der Waals surface area contributed by atoms with Crippen LogP contribution in [0.15, 0.2) is 41.2 Å². The highest BCUT2D eigenvalue weighted by molar-refractivity contribution is 5.92. The van der Waals surface area contributed by atoms with E-state index in [0.717, 1.165) is 77.8 Å². The highest BCUT2D eigenvalue weighted by Gasteiger charge is 2.44. The van der Waals surface area contributed by atoms with Crippen molar-refractivity contribution < 1.29 is 9.32 Å². The first-order chi connectivity index (χ1) is 19.8. The zero-order valence-corrected chi connectivity index (χ0v) is 23.9. The zero-order valence-electron chi connectivity index (χ0n) is 23.9. The van der Waals surface area contributed by atoms with Crippen molar-refractivity contribution in [3.05, 3.63) is 65.2 Å². The number of amides is 1. The molecule has 1 fully saturated rings. The summed E-state index contributed by atoms with van der Waals surface area (Å²) in [6.07, 6.45) is 9.63. The first-order valence-corrected chi connectivity index (χ1v) is 14.5. The molecule has 10 heteroatoms. The molecule has 2 aliphatic carbocycles. The molecule has 10 nitrogen and oxygen atoms in total. The lowest BCUT2D eigenvalue weighted by atomic mass is 9.94. The number of carbonyl (C=O) groups is 1. The van der Waals surface area contributed by atoms with Crippen LogP contribution >= 0.6 is 0 Å². The molecule has 41 heavy (non-hydrogen) atoms. The third kappa shape index (κ3) is 4.51. The number of rotatable bonds is 6. The molecule has 1 aromatic carbocycles. The smallest absolute Gasteiger partial charge is 0.315 e. The number of fused-ring (bicyclic) bond motifs is 2. The van der Waals surface area contributed by atoms with Gasteiger partial charge in [0, 0.05) is 28.9 Å². The van der Waals surface area contributed by atoms with Gasteiger partial charge in [0.2, 0.25) is 0 Å². The van der Waals surface area contributed by atoms with Gasteiger partial charge in [-0.3, -0.25) is 9.48 Å². The number of nitrogens with zero attached hydrogens (tertiary/aromatic N) is 6. The fourth-order valence-electron chi connectivity index (χ4n) is 5.95. The molecule has 0 saturated heterocycles. The summed E-state index contributed by atoms with van der Waals surface area (Å²) in [5.74, 6) is 1.12. The van der Waals surface area contributed by atoms with Crippen LogP contribution in [0.4, 0.5) is 0 Å². The predicted octanol–water partition coefficient (Wildman–Crippen LogP) is 6.01. The van der Waals surface area contributed by atoms with Gasteiger partial charge >= 0.3 is 11.8 Å². The van der Waals surface area contributed by atoms with E-state index >= 15 is 0 Å². The van der Waals surface area contributed by atoms with Gasteiger partial charge in [0.1, 0.15) is 5.82 Å². The normalized spacial score (nSPS) is 17.9. The Balaban J connectivity index is 1.19. The summed E-state index contributed by atoms with van der Waals surface area (Å²) in [6.45, 7) is 8.40. The van der Waals surface area contributed by atoms with Crippen LogP contribution in [0.5, 0.6) is 0 Å². The SMILES string of the molecule is Cc1c(-c2nc3nccc(-c4ccc5c(c4)CCCC[C@H]5NC(=O)c4nc(C5(C)CC5)no4)c3[nH]2)cnn1C(C)C. The Kier molecular flexibility index (Phi) is 6.02. The van der Waals surface area contributed by atoms with Crippen molar-refractivity contribution in [1.82, 2.24) is 40.2 Å². The van der Waals surface area contributed by atoms with E-state index in [9.17, 15) is 4.79 Å². The van der Waals surface area contributed by atoms with Crippen molar-refractivity contribution in [1.29, 1.82) is 0 Å². The number of carbonyl (C=O) groups excluding carboxylic acids is 1. The second kappa shape index (κ2) is 9.64. The molecule has 0 aliphatic heterocycles. The van der Waals surface area contributed by atoms with Crippen molar-refractivity contribution in [2.45, 2.75) is 83.7 Å². The second-order valence-corrected chi connectivity index (χ2v) is 12.0. The molecule has 1 amide bonds. The van der Waals surface area contributed by atoms with Crippen molar-refractivity contribution in [3.63, 3.8) is 0 Å². The van der Waals surface area contributed by atoms with Crippen LogP contribution in [0.25, 0.3) is 33.7 Å². The summed E-state index contributed by atoms with van der Waals surface area (Å²) in [4.78, 5) is 30.4. The molecule has 0 radical (unpaired) electrons. The molecule has 2 N–H and O–H groups in total. The number of nitrogens with one attached hydrogen (secondary N) is 2. The Hall–Kier alpha value is -4.34. The molecule has 2 aliphatic rings. The van der Waals surface area contributed by atoms with Crippen molar-refractivity contribution in [3.8, 4) is 22.5 Å². The lowest BCUT2D eigenvalue weighted by Gasteiger charge is -2.19. The van der Waals surface area contributed by atoms with Gasteiger partial charge in [0.15, 0.2) is 11.5 Å². The van der Waals surface area contributed by atoms with Gasteiger partial charge in [-0.15, -0.1) is 0 Å². The summed E-state index contributed by atoms with van der Waals surface area (Å²) >= 11 is 0. The third-order valence-electron chi connectivity index (χ3n) is 8.66. The third-order valence-corrected chi connectivity index (χ3v) is 8.66. The maximum atomic E-state index is 13.1. The van der Waals surface area contributed by atoms with Gasteiger partial charge in [-0.05, 0) is 75.6 Å². The van der Waals surface area contributed by atoms with Gasteiger partial charge in [-0.1, -0.05) is 36.7 Å². The molecule has 0 unspecified atom stereocenters. The number of hydrogen-bond donors (Lipinski definition) is 2. The molecule has 210 valence electrons. The van der Waals surface area contributed by atoms with E-state index < -0.39 is 0 Å². The number of hydrogen-bond acceptors (Lipinski definition) is 7. The minimum Gasteiger partial charge on any atom is -0.341 e. The fraction of sp³-hybridized carbons (Fsp3) is 0.419. The molecule has 7 rings (SSSR count). The minimum absolute atomic E-state index is 0.0407. The van der Waals surface area contributed by atoms with Crippen molar-refractivity contribution >= 4 is 17.1 Å². The Morgan fingerprint density at radius 3 is 2.80 bits per heavy atom. The van der Waals surface area contributed by atoms with E-state index in [1.807, 2.05) is 23.1 Å². The lowest BCUT2D eigenvalue weighted by molar-refractivity contribution is 0.0890. The number of H-pyrrole nitrogens is 1. The lowest BCUT2D eigenvalue weighted by Crippen LogP contribution is -2.29. The molecule has 0 bridgehead atoms. The fourth-order valence-corrected chi connectivity index (χ4v) is 5.95. The Morgan fingerprint density at radius 1 is 1.17 bits per heavy atom. The van der Waals surface area contributed by atoms with Crippen LogP contribution in [-0.4, -0.2) is 40.8 Å². The van der Waals surface area contributed by atoms with E-state index in [0.29, 0.717) is 11.5 Å². The summed E-state index contributed by atoms with van der Waals surface area (Å²) in [5, 5.41) is 11.8. The standard InChI is InChI=1S/C31H34N8O2/c1-17(2)39-18(3)23(16-33-39)26-35-25-22(11-14-32-27(25)36-26)20-9-10-21-19(15-20)7-5-6-8-24(21)34-28(40)29-37-30(38-41-29)31(4)12-13-31/h9-11,14-17,24H,5-8,12-13H2,1-4H3,(H,34,40)(H,32,35,36)/t24-/m1/s1. The molecular formula is C31H34N8O2. The van der Waals surface area contributed by atoms with Crippen LogP contribution in [0, 0.1) is 6.92 Å². The summed E-state index contributed by atoms with van der Waals surface area (Å²) in [5.41, 5.74) is 8.08. The quantitative estimate of drug-likeness (QED) is 0.248. The maximum absolute atomic E-state index is 13.1. The largest absolute Gasteiger partial charge is 0.341 e. The molecule has 4 heterocycles. The van der Waals surface area contributed by atoms with E-state index in [4.69, 9.17) is 9.51 Å². The van der Waals surface area contributed by atoms with Crippen LogP contribution in [0.1, 0.15) is 98.3 Å². The minimum atomic E-state index is -0.313. The Bertz CT molecular complexity index is 1770.